The topological polar surface area (TPSA) is 89.6 Å². The van der Waals surface area contributed by atoms with E-state index in [0.717, 1.165) is 42.9 Å². The number of aromatic nitrogens is 1. The zero-order valence-electron chi connectivity index (χ0n) is 27.2. The van der Waals surface area contributed by atoms with E-state index in [-0.39, 0.29) is 17.5 Å². The van der Waals surface area contributed by atoms with Gasteiger partial charge < -0.3 is 20.1 Å². The number of alkyl halides is 3. The first-order valence-corrected chi connectivity index (χ1v) is 17.3. The van der Waals surface area contributed by atoms with Gasteiger partial charge in [0.05, 0.1) is 39.9 Å². The Bertz CT molecular complexity index is 1580. The molecule has 256 valence electrons. The first kappa shape index (κ1) is 35.1. The number of hydrogen-bond donors (Lipinski definition) is 2. The number of rotatable bonds is 9. The van der Waals surface area contributed by atoms with Crippen LogP contribution in [0.15, 0.2) is 30.3 Å². The minimum Gasteiger partial charge on any atom is -0.496 e. The number of nitrogens with one attached hydrogen (secondary N) is 2. The van der Waals surface area contributed by atoms with Gasteiger partial charge in [0, 0.05) is 18.3 Å². The molecule has 3 fully saturated rings. The zero-order chi connectivity index (χ0) is 33.9. The highest BCUT2D eigenvalue weighted by Gasteiger charge is 2.51. The van der Waals surface area contributed by atoms with E-state index in [1.165, 1.54) is 50.6 Å². The van der Waals surface area contributed by atoms with E-state index in [4.69, 9.17) is 9.47 Å². The average molecular weight is 678 g/mol. The Morgan fingerprint density at radius 1 is 1.11 bits per heavy atom. The number of fused-ring (bicyclic) bond motifs is 3. The summed E-state index contributed by atoms with van der Waals surface area (Å²) in [7, 11) is 1.47. The third-order valence-electron chi connectivity index (χ3n) is 9.84. The lowest BCUT2D eigenvalue weighted by Gasteiger charge is -2.31. The van der Waals surface area contributed by atoms with Crippen LogP contribution in [0, 0.1) is 36.4 Å². The Balaban J connectivity index is 0.000000335. The molecule has 1 aromatic heterocycles. The molecule has 4 unspecified atom stereocenters. The van der Waals surface area contributed by atoms with Crippen LogP contribution in [0.3, 0.4) is 0 Å². The molecule has 2 bridgehead atoms. The molecule has 2 heterocycles. The standard InChI is InChI=1S/C25H23F4N3O3S.C10H20O/c1-11-30-17-7-8-18(35-2)20(22(17)36-11)24(34)32-21-13-4-3-12(9-13)19(21)23(33)31-14-5-6-16(26)15(10-14)25(27,28)29;1-3-5-6-10-9(4-2)7-8-11-10/h5-8,10,12-13,19,21H,3-4,9H2,1-2H3,(H,31,33)(H,32,34);9-10H,3-8H2,1-2H3/t12-,13?,19+,21?;/m1./s1. The number of methoxy groups -OCH3 is 1. The molecule has 6 rings (SSSR count). The number of amides is 2. The number of unbranched alkanes of at least 4 members (excludes halogenated alkanes) is 1. The smallest absolute Gasteiger partial charge is 0.419 e. The molecule has 6 atom stereocenters. The molecule has 3 aromatic rings. The molecule has 1 aliphatic heterocycles. The van der Waals surface area contributed by atoms with Crippen molar-refractivity contribution in [3.05, 3.63) is 52.3 Å². The van der Waals surface area contributed by atoms with Gasteiger partial charge in [0.15, 0.2) is 0 Å². The lowest BCUT2D eigenvalue weighted by atomic mass is 9.83. The van der Waals surface area contributed by atoms with Crippen molar-refractivity contribution in [2.75, 3.05) is 19.0 Å². The highest BCUT2D eigenvalue weighted by Crippen LogP contribution is 2.49. The maximum atomic E-state index is 13.7. The molecule has 2 saturated carbocycles. The van der Waals surface area contributed by atoms with Crippen molar-refractivity contribution in [2.45, 2.75) is 90.5 Å². The number of anilines is 1. The van der Waals surface area contributed by atoms with Crippen LogP contribution in [0.2, 0.25) is 0 Å². The number of carbonyl (C=O) groups excluding carboxylic acids is 2. The molecule has 2 amide bonds. The van der Waals surface area contributed by atoms with E-state index in [2.05, 4.69) is 29.5 Å². The molecule has 3 aliphatic rings. The van der Waals surface area contributed by atoms with Gasteiger partial charge in [-0.2, -0.15) is 13.2 Å². The SMILES string of the molecule is CCCCC1OCCC1CC.COc1ccc2nc(C)sc2c1C(=O)NC1C2CC[C@H](C2)[C@@H]1C(=O)Nc1ccc(F)c(C(F)(F)F)c1. The van der Waals surface area contributed by atoms with Crippen LogP contribution >= 0.6 is 11.3 Å². The Hall–Kier alpha value is -3.25. The van der Waals surface area contributed by atoms with Crippen LogP contribution in [0.5, 0.6) is 5.75 Å². The van der Waals surface area contributed by atoms with Crippen LogP contribution in [-0.4, -0.2) is 42.7 Å². The van der Waals surface area contributed by atoms with Gasteiger partial charge in [-0.1, -0.05) is 33.1 Å². The molecule has 7 nitrogen and oxygen atoms in total. The number of halogens is 4. The van der Waals surface area contributed by atoms with E-state index in [9.17, 15) is 27.2 Å². The number of nitrogens with zero attached hydrogens (tertiary/aromatic N) is 1. The molecule has 2 N–H and O–H groups in total. The van der Waals surface area contributed by atoms with E-state index < -0.39 is 41.3 Å². The largest absolute Gasteiger partial charge is 0.496 e. The Morgan fingerprint density at radius 3 is 2.57 bits per heavy atom. The van der Waals surface area contributed by atoms with Gasteiger partial charge in [-0.05, 0) is 87.1 Å². The van der Waals surface area contributed by atoms with Gasteiger partial charge in [0.1, 0.15) is 17.1 Å². The summed E-state index contributed by atoms with van der Waals surface area (Å²) < 4.78 is 64.8. The Kier molecular flexibility index (Phi) is 11.1. The van der Waals surface area contributed by atoms with Crippen LogP contribution in [0.25, 0.3) is 10.2 Å². The van der Waals surface area contributed by atoms with E-state index >= 15 is 0 Å². The summed E-state index contributed by atoms with van der Waals surface area (Å²) in [6.45, 7) is 7.37. The number of aryl methyl sites for hydroxylation is 1. The van der Waals surface area contributed by atoms with Crippen molar-refractivity contribution < 1.29 is 36.6 Å². The maximum absolute atomic E-state index is 13.7. The zero-order valence-corrected chi connectivity index (χ0v) is 28.0. The number of carbonyl (C=O) groups is 2. The summed E-state index contributed by atoms with van der Waals surface area (Å²) in [5.41, 5.74) is -0.579. The molecule has 2 aromatic carbocycles. The summed E-state index contributed by atoms with van der Waals surface area (Å²) in [6, 6.07) is 5.33. The monoisotopic (exact) mass is 677 g/mol. The second-order valence-corrected chi connectivity index (χ2v) is 14.0. The van der Waals surface area contributed by atoms with E-state index in [1.54, 1.807) is 12.1 Å². The molecule has 1 saturated heterocycles. The van der Waals surface area contributed by atoms with Gasteiger partial charge in [0.25, 0.3) is 5.91 Å². The highest BCUT2D eigenvalue weighted by atomic mass is 32.1. The summed E-state index contributed by atoms with van der Waals surface area (Å²) in [5.74, 6) is -1.61. The van der Waals surface area contributed by atoms with E-state index in [1.807, 2.05) is 6.92 Å². The van der Waals surface area contributed by atoms with Crippen molar-refractivity contribution in [1.82, 2.24) is 10.3 Å². The third kappa shape index (κ3) is 7.74. The Morgan fingerprint density at radius 2 is 1.87 bits per heavy atom. The summed E-state index contributed by atoms with van der Waals surface area (Å²) in [4.78, 5) is 31.2. The predicted molar refractivity (Wildman–Crippen MR) is 174 cm³/mol. The van der Waals surface area contributed by atoms with Crippen LogP contribution in [-0.2, 0) is 15.7 Å². The minimum absolute atomic E-state index is 0.00817. The highest BCUT2D eigenvalue weighted by molar-refractivity contribution is 7.19. The first-order valence-electron chi connectivity index (χ1n) is 16.5. The van der Waals surface area contributed by atoms with Gasteiger partial charge in [-0.15, -0.1) is 11.3 Å². The van der Waals surface area contributed by atoms with Crippen LogP contribution < -0.4 is 15.4 Å². The van der Waals surface area contributed by atoms with E-state index in [0.29, 0.717) is 39.8 Å². The molecular formula is C35H43F4N3O4S. The summed E-state index contributed by atoms with van der Waals surface area (Å²) in [5, 5.41) is 6.33. The molecule has 2 aliphatic carbocycles. The molecule has 12 heteroatoms. The molecule has 47 heavy (non-hydrogen) atoms. The summed E-state index contributed by atoms with van der Waals surface area (Å²) in [6.07, 6.45) is 4.60. The quantitative estimate of drug-likeness (QED) is 0.222. The molecule has 0 radical (unpaired) electrons. The lowest BCUT2D eigenvalue weighted by Crippen LogP contribution is -2.48. The van der Waals surface area contributed by atoms with Crippen LogP contribution in [0.1, 0.15) is 86.1 Å². The van der Waals surface area contributed by atoms with Crippen molar-refractivity contribution in [3.8, 4) is 5.75 Å². The number of benzene rings is 2. The number of thiazole rings is 1. The van der Waals surface area contributed by atoms with Crippen molar-refractivity contribution in [2.24, 2.45) is 23.7 Å². The first-order chi connectivity index (χ1) is 22.4. The lowest BCUT2D eigenvalue weighted by molar-refractivity contribution is -0.140. The fraction of sp³-hybridized carbons (Fsp3) is 0.571. The van der Waals surface area contributed by atoms with Gasteiger partial charge in [-0.3, -0.25) is 9.59 Å². The fourth-order valence-electron chi connectivity index (χ4n) is 7.50. The van der Waals surface area contributed by atoms with Gasteiger partial charge in [0.2, 0.25) is 5.91 Å². The van der Waals surface area contributed by atoms with Gasteiger partial charge in [-0.25, -0.2) is 9.37 Å². The summed E-state index contributed by atoms with van der Waals surface area (Å²) >= 11 is 1.37. The Labute approximate surface area is 276 Å². The number of ether oxygens (including phenoxy) is 2. The fourth-order valence-corrected chi connectivity index (χ4v) is 8.45. The predicted octanol–water partition coefficient (Wildman–Crippen LogP) is 8.55. The third-order valence-corrected chi connectivity index (χ3v) is 10.8. The normalized spacial score (nSPS) is 25.0. The molecular weight excluding hydrogens is 634 g/mol. The van der Waals surface area contributed by atoms with Crippen molar-refractivity contribution >= 4 is 39.1 Å². The average Bonchev–Trinajstić information content (AvgIpc) is 3.83. The van der Waals surface area contributed by atoms with Crippen molar-refractivity contribution in [3.63, 3.8) is 0 Å². The second-order valence-electron chi connectivity index (χ2n) is 12.8. The number of hydrogen-bond acceptors (Lipinski definition) is 6. The van der Waals surface area contributed by atoms with Crippen molar-refractivity contribution in [1.29, 1.82) is 0 Å². The van der Waals surface area contributed by atoms with Crippen LogP contribution in [0.4, 0.5) is 23.2 Å². The van der Waals surface area contributed by atoms with Gasteiger partial charge >= 0.3 is 6.18 Å². The maximum Gasteiger partial charge on any atom is 0.419 e. The second kappa shape index (κ2) is 14.9. The molecule has 0 spiro atoms. The minimum atomic E-state index is -4.89.